The van der Waals surface area contributed by atoms with Crippen molar-refractivity contribution in [2.75, 3.05) is 6.61 Å². The zero-order chi connectivity index (χ0) is 23.9. The Balaban J connectivity index is 1.19. The first-order chi connectivity index (χ1) is 16.5. The second-order valence-electron chi connectivity index (χ2n) is 10.4. The minimum Gasteiger partial charge on any atom is -0.491 e. The normalized spacial score (nSPS) is 26.0. The zero-order valence-electron chi connectivity index (χ0n) is 20.7. The molecule has 34 heavy (non-hydrogen) atoms. The van der Waals surface area contributed by atoms with Gasteiger partial charge in [-0.3, -0.25) is 4.79 Å². The van der Waals surface area contributed by atoms with Crippen molar-refractivity contribution < 1.29 is 18.7 Å². The molecule has 0 saturated heterocycles. The van der Waals surface area contributed by atoms with Crippen molar-refractivity contribution >= 4 is 5.97 Å². The van der Waals surface area contributed by atoms with Gasteiger partial charge in [0.1, 0.15) is 5.75 Å². The highest BCUT2D eigenvalue weighted by Crippen LogP contribution is 2.43. The second-order valence-corrected chi connectivity index (χ2v) is 10.4. The summed E-state index contributed by atoms with van der Waals surface area (Å²) in [6.45, 7) is 4.57. The molecule has 2 aliphatic carbocycles. The summed E-state index contributed by atoms with van der Waals surface area (Å²) >= 11 is 0. The average molecular weight is 467 g/mol. The molecule has 1 atom stereocenters. The molecule has 4 heteroatoms. The third-order valence-electron chi connectivity index (χ3n) is 8.14. The minimum absolute atomic E-state index is 0.0751. The third kappa shape index (κ3) is 6.40. The Bertz CT molecular complexity index is 912. The van der Waals surface area contributed by atoms with Crippen LogP contribution < -0.4 is 9.47 Å². The van der Waals surface area contributed by atoms with Crippen LogP contribution in [0.15, 0.2) is 48.5 Å². The lowest BCUT2D eigenvalue weighted by Gasteiger charge is -2.38. The molecule has 2 saturated carbocycles. The van der Waals surface area contributed by atoms with Gasteiger partial charge in [-0.1, -0.05) is 50.1 Å². The number of ether oxygens (including phenoxy) is 2. The average Bonchev–Trinajstić information content (AvgIpc) is 2.87. The van der Waals surface area contributed by atoms with E-state index in [1.165, 1.54) is 49.8 Å². The zero-order valence-corrected chi connectivity index (χ0v) is 20.7. The van der Waals surface area contributed by atoms with Gasteiger partial charge in [0.2, 0.25) is 0 Å². The molecule has 2 aliphatic rings. The lowest BCUT2D eigenvalue weighted by atomic mass is 9.68. The minimum atomic E-state index is -0.496. The molecule has 3 nitrogen and oxygen atoms in total. The van der Waals surface area contributed by atoms with Crippen molar-refractivity contribution in [3.63, 3.8) is 0 Å². The first-order valence-corrected chi connectivity index (χ1v) is 13.2. The Morgan fingerprint density at radius 1 is 0.941 bits per heavy atom. The van der Waals surface area contributed by atoms with Gasteiger partial charge in [0.25, 0.3) is 0 Å². The van der Waals surface area contributed by atoms with Crippen LogP contribution in [0, 0.1) is 29.5 Å². The molecule has 0 bridgehead atoms. The van der Waals surface area contributed by atoms with E-state index in [1.807, 2.05) is 6.92 Å². The number of esters is 1. The van der Waals surface area contributed by atoms with Gasteiger partial charge < -0.3 is 9.47 Å². The van der Waals surface area contributed by atoms with Gasteiger partial charge in [0.05, 0.1) is 12.5 Å². The number of hydrogen-bond donors (Lipinski definition) is 0. The first kappa shape index (κ1) is 24.8. The van der Waals surface area contributed by atoms with E-state index < -0.39 is 5.82 Å². The highest BCUT2D eigenvalue weighted by molar-refractivity contribution is 5.75. The van der Waals surface area contributed by atoms with Crippen molar-refractivity contribution in [1.29, 1.82) is 0 Å². The number of carbonyl (C=O) groups excluding carboxylic acids is 1. The van der Waals surface area contributed by atoms with Crippen molar-refractivity contribution in [2.45, 2.75) is 77.6 Å². The van der Waals surface area contributed by atoms with Crippen LogP contribution in [-0.2, 0) is 4.79 Å². The summed E-state index contributed by atoms with van der Waals surface area (Å²) < 4.78 is 24.8. The Morgan fingerprint density at radius 3 is 2.21 bits per heavy atom. The molecule has 0 aliphatic heterocycles. The monoisotopic (exact) mass is 466 g/mol. The highest BCUT2D eigenvalue weighted by atomic mass is 19.1. The summed E-state index contributed by atoms with van der Waals surface area (Å²) in [5, 5.41) is 0. The molecule has 0 heterocycles. The summed E-state index contributed by atoms with van der Waals surface area (Å²) in [6.07, 6.45) is 10.6. The number of rotatable bonds is 8. The van der Waals surface area contributed by atoms with Gasteiger partial charge >= 0.3 is 5.97 Å². The van der Waals surface area contributed by atoms with Crippen LogP contribution in [0.2, 0.25) is 0 Å². The Morgan fingerprint density at radius 2 is 1.59 bits per heavy atom. The molecule has 2 aromatic rings. The van der Waals surface area contributed by atoms with Crippen molar-refractivity contribution in [3.8, 4) is 11.5 Å². The van der Waals surface area contributed by atoms with Gasteiger partial charge in [0.15, 0.2) is 11.6 Å². The number of halogens is 1. The van der Waals surface area contributed by atoms with Crippen LogP contribution in [0.3, 0.4) is 0 Å². The molecule has 184 valence electrons. The molecule has 2 fully saturated rings. The fourth-order valence-corrected chi connectivity index (χ4v) is 6.16. The topological polar surface area (TPSA) is 35.5 Å². The molecule has 0 amide bonds. The van der Waals surface area contributed by atoms with Crippen LogP contribution in [0.25, 0.3) is 0 Å². The summed E-state index contributed by atoms with van der Waals surface area (Å²) in [6, 6.07) is 15.3. The quantitative estimate of drug-likeness (QED) is 0.293. The van der Waals surface area contributed by atoms with Gasteiger partial charge in [-0.25, -0.2) is 4.39 Å². The van der Waals surface area contributed by atoms with E-state index in [1.54, 1.807) is 6.07 Å². The molecule has 0 unspecified atom stereocenters. The van der Waals surface area contributed by atoms with Crippen LogP contribution >= 0.6 is 0 Å². The van der Waals surface area contributed by atoms with Crippen molar-refractivity contribution in [2.24, 2.45) is 23.7 Å². The molecule has 0 radical (unpaired) electrons. The van der Waals surface area contributed by atoms with Crippen molar-refractivity contribution in [1.82, 2.24) is 0 Å². The number of carbonyl (C=O) groups is 1. The van der Waals surface area contributed by atoms with Crippen LogP contribution in [0.4, 0.5) is 4.39 Å². The molecular formula is C30H39FO3. The van der Waals surface area contributed by atoms with E-state index in [4.69, 9.17) is 9.47 Å². The molecule has 4 rings (SSSR count). The van der Waals surface area contributed by atoms with E-state index in [9.17, 15) is 9.18 Å². The highest BCUT2D eigenvalue weighted by Gasteiger charge is 2.34. The SMILES string of the molecule is CCOc1ccc(OC(=O)C2CCC(C3CCC(C[C@@H](C)c4ccccc4)CC3)CC2)cc1F. The predicted molar refractivity (Wildman–Crippen MR) is 134 cm³/mol. The third-order valence-corrected chi connectivity index (χ3v) is 8.14. The summed E-state index contributed by atoms with van der Waals surface area (Å²) in [5.74, 6) is 2.67. The lowest BCUT2D eigenvalue weighted by molar-refractivity contribution is -0.140. The van der Waals surface area contributed by atoms with E-state index in [2.05, 4.69) is 37.3 Å². The second kappa shape index (κ2) is 11.9. The Hall–Kier alpha value is -2.36. The van der Waals surface area contributed by atoms with Gasteiger partial charge in [-0.05, 0) is 93.2 Å². The summed E-state index contributed by atoms with van der Waals surface area (Å²) in [4.78, 5) is 12.7. The molecular weight excluding hydrogens is 427 g/mol. The maximum absolute atomic E-state index is 14.1. The maximum atomic E-state index is 14.1. The van der Waals surface area contributed by atoms with Crippen LogP contribution in [0.1, 0.15) is 83.1 Å². The number of hydrogen-bond acceptors (Lipinski definition) is 3. The number of benzene rings is 2. The lowest BCUT2D eigenvalue weighted by Crippen LogP contribution is -2.30. The fraction of sp³-hybridized carbons (Fsp3) is 0.567. The van der Waals surface area contributed by atoms with E-state index >= 15 is 0 Å². The molecule has 0 aromatic heterocycles. The maximum Gasteiger partial charge on any atom is 0.314 e. The summed E-state index contributed by atoms with van der Waals surface area (Å²) in [5.41, 5.74) is 1.46. The Kier molecular flexibility index (Phi) is 8.64. The largest absolute Gasteiger partial charge is 0.491 e. The van der Waals surface area contributed by atoms with Crippen LogP contribution in [0.5, 0.6) is 11.5 Å². The van der Waals surface area contributed by atoms with Gasteiger partial charge in [-0.15, -0.1) is 0 Å². The fourth-order valence-electron chi connectivity index (χ4n) is 6.16. The summed E-state index contributed by atoms with van der Waals surface area (Å²) in [7, 11) is 0. The molecule has 0 N–H and O–H groups in total. The smallest absolute Gasteiger partial charge is 0.314 e. The van der Waals surface area contributed by atoms with Gasteiger partial charge in [-0.2, -0.15) is 0 Å². The first-order valence-electron chi connectivity index (χ1n) is 13.2. The van der Waals surface area contributed by atoms with E-state index in [0.29, 0.717) is 12.5 Å². The van der Waals surface area contributed by atoms with Gasteiger partial charge in [0, 0.05) is 6.07 Å². The Labute approximate surface area is 204 Å². The van der Waals surface area contributed by atoms with E-state index in [-0.39, 0.29) is 23.4 Å². The van der Waals surface area contributed by atoms with Crippen molar-refractivity contribution in [3.05, 3.63) is 59.9 Å². The standard InChI is InChI=1S/C30H39FO3/c1-3-33-29-18-17-27(20-28(29)31)34-30(32)26-15-13-25(14-16-26)24-11-9-22(10-12-24)19-21(2)23-7-5-4-6-8-23/h4-8,17-18,20-22,24-26H,3,9-16,19H2,1-2H3/t21-,22?,24?,25?,26?/m1/s1. The van der Waals surface area contributed by atoms with E-state index in [0.717, 1.165) is 43.4 Å². The predicted octanol–water partition coefficient (Wildman–Crippen LogP) is 7.94. The van der Waals surface area contributed by atoms with Crippen LogP contribution in [-0.4, -0.2) is 12.6 Å². The molecule has 2 aromatic carbocycles. The molecule has 0 spiro atoms.